The molecule has 0 unspecified atom stereocenters. The van der Waals surface area contributed by atoms with Gasteiger partial charge >= 0.3 is 0 Å². The minimum Gasteiger partial charge on any atom is -0.514 e. The summed E-state index contributed by atoms with van der Waals surface area (Å²) in [5.74, 6) is 0.773. The Bertz CT molecular complexity index is 793. The van der Waals surface area contributed by atoms with E-state index in [-0.39, 0.29) is 5.57 Å². The Kier molecular flexibility index (Phi) is 5.18. The molecular weight excluding hydrogens is 322 g/mol. The molecule has 24 heavy (non-hydrogen) atoms. The van der Waals surface area contributed by atoms with E-state index in [2.05, 4.69) is 25.8 Å². The fourth-order valence-corrected chi connectivity index (χ4v) is 3.47. The molecule has 0 atom stereocenters. The molecule has 124 valence electrons. The van der Waals surface area contributed by atoms with Gasteiger partial charge in [0.2, 0.25) is 0 Å². The molecule has 0 aromatic carbocycles. The van der Waals surface area contributed by atoms with Crippen molar-refractivity contribution in [3.8, 4) is 6.07 Å². The summed E-state index contributed by atoms with van der Waals surface area (Å²) in [6, 6.07) is 6.11. The molecule has 1 aliphatic heterocycles. The third-order valence-electron chi connectivity index (χ3n) is 4.22. The largest absolute Gasteiger partial charge is 0.514 e. The van der Waals surface area contributed by atoms with Gasteiger partial charge in [0.05, 0.1) is 12.0 Å². The lowest BCUT2D eigenvalue weighted by Gasteiger charge is -2.30. The number of fused-ring (bicyclic) bond motifs is 1. The second-order valence-electron chi connectivity index (χ2n) is 5.64. The zero-order chi connectivity index (χ0) is 16.9. The first-order chi connectivity index (χ1) is 11.7. The molecule has 1 fully saturated rings. The second kappa shape index (κ2) is 7.51. The molecule has 0 saturated carbocycles. The number of allylic oxidation sites excluding steroid dienone is 1. The third-order valence-corrected chi connectivity index (χ3v) is 5.10. The minimum absolute atomic E-state index is 0.144. The molecule has 7 heteroatoms. The summed E-state index contributed by atoms with van der Waals surface area (Å²) in [6.45, 7) is 2.12. The number of aliphatic hydroxyl groups is 1. The molecule has 2 aromatic heterocycles. The van der Waals surface area contributed by atoms with Gasteiger partial charge in [0.15, 0.2) is 0 Å². The summed E-state index contributed by atoms with van der Waals surface area (Å²) in [7, 11) is 0. The van der Waals surface area contributed by atoms with Gasteiger partial charge < -0.3 is 10.4 Å². The average molecular weight is 341 g/mol. The van der Waals surface area contributed by atoms with Gasteiger partial charge in [-0.2, -0.15) is 5.26 Å². The molecule has 1 aliphatic rings. The van der Waals surface area contributed by atoms with E-state index in [1.54, 1.807) is 24.3 Å². The maximum Gasteiger partial charge on any atom is 0.126 e. The van der Waals surface area contributed by atoms with Crippen molar-refractivity contribution < 1.29 is 5.11 Å². The van der Waals surface area contributed by atoms with Gasteiger partial charge in [0.1, 0.15) is 17.5 Å². The van der Waals surface area contributed by atoms with E-state index in [0.29, 0.717) is 11.7 Å². The van der Waals surface area contributed by atoms with E-state index in [0.717, 1.165) is 48.8 Å². The number of nitriles is 1. The second-order valence-corrected chi connectivity index (χ2v) is 6.52. The van der Waals surface area contributed by atoms with Crippen LogP contribution in [0, 0.1) is 11.3 Å². The average Bonchev–Trinajstić information content (AvgIpc) is 2.63. The van der Waals surface area contributed by atoms with Crippen LogP contribution in [0.25, 0.3) is 16.3 Å². The number of pyridine rings is 2. The molecule has 6 nitrogen and oxygen atoms in total. The Morgan fingerprint density at radius 2 is 2.25 bits per heavy atom. The van der Waals surface area contributed by atoms with Crippen LogP contribution in [0.15, 0.2) is 30.8 Å². The maximum absolute atomic E-state index is 9.26. The summed E-state index contributed by atoms with van der Waals surface area (Å²) >= 11 is 1.79. The first kappa shape index (κ1) is 16.6. The van der Waals surface area contributed by atoms with Crippen LogP contribution < -0.4 is 5.32 Å². The highest BCUT2D eigenvalue weighted by molar-refractivity contribution is 7.96. The van der Waals surface area contributed by atoms with Gasteiger partial charge in [-0.3, -0.25) is 9.29 Å². The number of nitrogens with zero attached hydrogens (tertiary/aromatic N) is 4. The highest BCUT2D eigenvalue weighted by atomic mass is 32.2. The topological polar surface area (TPSA) is 85.1 Å². The van der Waals surface area contributed by atoms with E-state index < -0.39 is 0 Å². The fourth-order valence-electron chi connectivity index (χ4n) is 2.89. The molecular formula is C17H19N5OS. The third kappa shape index (κ3) is 3.45. The van der Waals surface area contributed by atoms with E-state index in [1.165, 1.54) is 0 Å². The zero-order valence-corrected chi connectivity index (χ0v) is 14.3. The van der Waals surface area contributed by atoms with Crippen LogP contribution in [0.5, 0.6) is 0 Å². The quantitative estimate of drug-likeness (QED) is 0.502. The molecule has 3 rings (SSSR count). The Morgan fingerprint density at radius 3 is 2.92 bits per heavy atom. The molecule has 3 heterocycles. The summed E-state index contributed by atoms with van der Waals surface area (Å²) in [4.78, 5) is 8.71. The lowest BCUT2D eigenvalue weighted by Crippen LogP contribution is -2.35. The van der Waals surface area contributed by atoms with E-state index in [4.69, 9.17) is 5.26 Å². The molecule has 2 aromatic rings. The first-order valence-electron chi connectivity index (χ1n) is 7.80. The standard InChI is InChI=1S/C17H19N5OS/c1-24-22-6-3-14(4-7-22)21-16-8-15-12(10-20-16)2-5-19-17(15)13(9-18)11-23/h2,5,8,10-11,14,23H,3-4,6-7H2,1H3,(H,20,21)/b13-11+. The number of hydrogen-bond acceptors (Lipinski definition) is 7. The van der Waals surface area contributed by atoms with Crippen LogP contribution in [0.4, 0.5) is 5.82 Å². The summed E-state index contributed by atoms with van der Waals surface area (Å²) < 4.78 is 2.36. The molecule has 1 saturated heterocycles. The van der Waals surface area contributed by atoms with Crippen LogP contribution in [0.1, 0.15) is 18.5 Å². The summed E-state index contributed by atoms with van der Waals surface area (Å²) in [5.41, 5.74) is 0.617. The number of hydrogen-bond donors (Lipinski definition) is 2. The van der Waals surface area contributed by atoms with Crippen LogP contribution in [-0.2, 0) is 0 Å². The number of nitrogens with one attached hydrogen (secondary N) is 1. The highest BCUT2D eigenvalue weighted by Crippen LogP contribution is 2.25. The molecule has 0 radical (unpaired) electrons. The highest BCUT2D eigenvalue weighted by Gasteiger charge is 2.19. The van der Waals surface area contributed by atoms with Crippen molar-refractivity contribution in [2.75, 3.05) is 24.7 Å². The van der Waals surface area contributed by atoms with Crippen molar-refractivity contribution in [3.05, 3.63) is 36.5 Å². The molecule has 0 amide bonds. The summed E-state index contributed by atoms with van der Waals surface area (Å²) in [5, 5.41) is 23.6. The molecule has 0 bridgehead atoms. The predicted octanol–water partition coefficient (Wildman–Crippen LogP) is 3.21. The Balaban J connectivity index is 1.86. The van der Waals surface area contributed by atoms with Gasteiger partial charge in [0, 0.05) is 42.3 Å². The van der Waals surface area contributed by atoms with Crippen LogP contribution in [0.3, 0.4) is 0 Å². The zero-order valence-electron chi connectivity index (χ0n) is 13.4. The van der Waals surface area contributed by atoms with Gasteiger partial charge in [-0.15, -0.1) is 0 Å². The number of anilines is 1. The Labute approximate surface area is 145 Å². The molecule has 0 aliphatic carbocycles. The normalized spacial score (nSPS) is 16.9. The lowest BCUT2D eigenvalue weighted by atomic mass is 10.1. The molecule has 2 N–H and O–H groups in total. The lowest BCUT2D eigenvalue weighted by molar-refractivity contribution is 0.359. The minimum atomic E-state index is 0.144. The van der Waals surface area contributed by atoms with Crippen molar-refractivity contribution >= 4 is 34.1 Å². The predicted molar refractivity (Wildman–Crippen MR) is 97.5 cm³/mol. The van der Waals surface area contributed by atoms with E-state index in [1.807, 2.05) is 18.2 Å². The van der Waals surface area contributed by atoms with Crippen LogP contribution in [-0.4, -0.2) is 44.8 Å². The SMILES string of the molecule is CSN1CCC(Nc2cc3c(/C(C#N)=C/O)nccc3cn2)CC1. The van der Waals surface area contributed by atoms with Gasteiger partial charge in [-0.25, -0.2) is 4.98 Å². The number of rotatable bonds is 4. The van der Waals surface area contributed by atoms with Crippen molar-refractivity contribution in [2.24, 2.45) is 0 Å². The summed E-state index contributed by atoms with van der Waals surface area (Å²) in [6.07, 6.45) is 8.43. The van der Waals surface area contributed by atoms with Crippen molar-refractivity contribution in [2.45, 2.75) is 18.9 Å². The number of aromatic nitrogens is 2. The van der Waals surface area contributed by atoms with Gasteiger partial charge in [0.25, 0.3) is 0 Å². The monoisotopic (exact) mass is 341 g/mol. The number of piperidine rings is 1. The maximum atomic E-state index is 9.26. The van der Waals surface area contributed by atoms with Gasteiger partial charge in [-0.1, -0.05) is 11.9 Å². The Hall–Kier alpha value is -2.30. The number of aliphatic hydroxyl groups excluding tert-OH is 1. The smallest absolute Gasteiger partial charge is 0.126 e. The fraction of sp³-hybridized carbons (Fsp3) is 0.353. The van der Waals surface area contributed by atoms with E-state index in [9.17, 15) is 5.11 Å². The van der Waals surface area contributed by atoms with Crippen molar-refractivity contribution in [3.63, 3.8) is 0 Å². The van der Waals surface area contributed by atoms with Crippen molar-refractivity contribution in [1.29, 1.82) is 5.26 Å². The van der Waals surface area contributed by atoms with Crippen molar-refractivity contribution in [1.82, 2.24) is 14.3 Å². The molecule has 0 spiro atoms. The first-order valence-corrected chi connectivity index (χ1v) is 8.98. The van der Waals surface area contributed by atoms with Crippen LogP contribution in [0.2, 0.25) is 0 Å². The van der Waals surface area contributed by atoms with Crippen LogP contribution >= 0.6 is 11.9 Å². The van der Waals surface area contributed by atoms with Gasteiger partial charge in [-0.05, 0) is 31.2 Å². The Morgan fingerprint density at radius 1 is 1.46 bits per heavy atom. The van der Waals surface area contributed by atoms with E-state index >= 15 is 0 Å².